The highest BCUT2D eigenvalue weighted by Crippen LogP contribution is 2.21. The molecule has 0 amide bonds. The second-order valence-electron chi connectivity index (χ2n) is 3.72. The molecule has 0 aliphatic carbocycles. The van der Waals surface area contributed by atoms with Gasteiger partial charge in [-0.05, 0) is 35.0 Å². The third kappa shape index (κ3) is 2.99. The zero-order valence-electron chi connectivity index (χ0n) is 9.82. The van der Waals surface area contributed by atoms with E-state index in [-0.39, 0.29) is 13.2 Å². The summed E-state index contributed by atoms with van der Waals surface area (Å²) in [4.78, 5) is 0. The molecule has 0 bridgehead atoms. The minimum absolute atomic E-state index is 0.0750. The van der Waals surface area contributed by atoms with E-state index < -0.39 is 6.67 Å². The standard InChI is InChI=1S/C15H13FO2/c16-7-9-18-15-6-5-13-10-12(2-1-8-17)3-4-14(13)11-15/h3-6,10-11,17H,7-9H2. The smallest absolute Gasteiger partial charge is 0.123 e. The Morgan fingerprint density at radius 3 is 2.67 bits per heavy atom. The van der Waals surface area contributed by atoms with E-state index in [2.05, 4.69) is 11.8 Å². The Balaban J connectivity index is 2.30. The summed E-state index contributed by atoms with van der Waals surface area (Å²) in [6.07, 6.45) is 0. The van der Waals surface area contributed by atoms with Crippen LogP contribution in [0.3, 0.4) is 0 Å². The number of halogens is 1. The third-order valence-electron chi connectivity index (χ3n) is 2.47. The zero-order chi connectivity index (χ0) is 12.8. The summed E-state index contributed by atoms with van der Waals surface area (Å²) < 4.78 is 17.2. The van der Waals surface area contributed by atoms with Gasteiger partial charge in [-0.2, -0.15) is 0 Å². The van der Waals surface area contributed by atoms with Crippen LogP contribution in [-0.2, 0) is 0 Å². The van der Waals surface area contributed by atoms with Gasteiger partial charge in [-0.15, -0.1) is 0 Å². The summed E-state index contributed by atoms with van der Waals surface area (Å²) in [5.74, 6) is 6.12. The molecule has 0 spiro atoms. The van der Waals surface area contributed by atoms with Crippen molar-refractivity contribution in [2.45, 2.75) is 0 Å². The number of fused-ring (bicyclic) bond motifs is 1. The number of hydrogen-bond acceptors (Lipinski definition) is 2. The van der Waals surface area contributed by atoms with Crippen LogP contribution in [0.4, 0.5) is 4.39 Å². The summed E-state index contributed by atoms with van der Waals surface area (Å²) in [5.41, 5.74) is 0.856. The second kappa shape index (κ2) is 6.04. The molecule has 0 heterocycles. The van der Waals surface area contributed by atoms with Crippen LogP contribution in [0.5, 0.6) is 5.75 Å². The number of ether oxygens (including phenoxy) is 1. The Hall–Kier alpha value is -2.05. The van der Waals surface area contributed by atoms with E-state index >= 15 is 0 Å². The fourth-order valence-corrected chi connectivity index (χ4v) is 1.69. The first-order valence-corrected chi connectivity index (χ1v) is 5.66. The maximum Gasteiger partial charge on any atom is 0.123 e. The number of alkyl halides is 1. The predicted octanol–water partition coefficient (Wildman–Crippen LogP) is 2.53. The summed E-state index contributed by atoms with van der Waals surface area (Å²) in [7, 11) is 0. The van der Waals surface area contributed by atoms with Gasteiger partial charge in [0.1, 0.15) is 25.6 Å². The van der Waals surface area contributed by atoms with E-state index in [1.807, 2.05) is 30.3 Å². The van der Waals surface area contributed by atoms with Crippen LogP contribution in [0.2, 0.25) is 0 Å². The van der Waals surface area contributed by atoms with Gasteiger partial charge in [0, 0.05) is 5.56 Å². The van der Waals surface area contributed by atoms with Gasteiger partial charge in [0.05, 0.1) is 0 Å². The molecule has 0 aliphatic rings. The van der Waals surface area contributed by atoms with Gasteiger partial charge in [-0.1, -0.05) is 24.0 Å². The zero-order valence-corrected chi connectivity index (χ0v) is 9.82. The molecular weight excluding hydrogens is 231 g/mol. The molecule has 0 fully saturated rings. The highest BCUT2D eigenvalue weighted by atomic mass is 19.1. The Bertz CT molecular complexity index is 596. The molecule has 92 valence electrons. The maximum absolute atomic E-state index is 12.0. The topological polar surface area (TPSA) is 29.5 Å². The molecule has 0 unspecified atom stereocenters. The van der Waals surface area contributed by atoms with Crippen molar-refractivity contribution in [2.75, 3.05) is 19.9 Å². The summed E-state index contributed by atoms with van der Waals surface area (Å²) >= 11 is 0. The van der Waals surface area contributed by atoms with Gasteiger partial charge in [0.2, 0.25) is 0 Å². The average molecular weight is 244 g/mol. The van der Waals surface area contributed by atoms with Crippen molar-refractivity contribution in [1.29, 1.82) is 0 Å². The molecule has 1 N–H and O–H groups in total. The Morgan fingerprint density at radius 1 is 1.11 bits per heavy atom. The molecule has 18 heavy (non-hydrogen) atoms. The van der Waals surface area contributed by atoms with Crippen molar-refractivity contribution >= 4 is 10.8 Å². The lowest BCUT2D eigenvalue weighted by Crippen LogP contribution is -1.98. The molecule has 3 heteroatoms. The lowest BCUT2D eigenvalue weighted by molar-refractivity contribution is 0.273. The van der Waals surface area contributed by atoms with Gasteiger partial charge < -0.3 is 9.84 Å². The first kappa shape index (κ1) is 12.4. The molecule has 2 nitrogen and oxygen atoms in total. The molecule has 0 radical (unpaired) electrons. The van der Waals surface area contributed by atoms with Crippen molar-refractivity contribution in [1.82, 2.24) is 0 Å². The lowest BCUT2D eigenvalue weighted by atomic mass is 10.1. The molecule has 0 aromatic heterocycles. The lowest BCUT2D eigenvalue weighted by Gasteiger charge is -2.05. The van der Waals surface area contributed by atoms with E-state index in [0.29, 0.717) is 5.75 Å². The molecule has 0 saturated carbocycles. The van der Waals surface area contributed by atoms with E-state index in [1.54, 1.807) is 6.07 Å². The van der Waals surface area contributed by atoms with Crippen LogP contribution in [-0.4, -0.2) is 25.0 Å². The van der Waals surface area contributed by atoms with E-state index in [1.165, 1.54) is 0 Å². The summed E-state index contributed by atoms with van der Waals surface area (Å²) in [6, 6.07) is 11.3. The molecule has 0 saturated heterocycles. The summed E-state index contributed by atoms with van der Waals surface area (Å²) in [5, 5.41) is 10.7. The molecule has 2 aromatic carbocycles. The largest absolute Gasteiger partial charge is 0.491 e. The van der Waals surface area contributed by atoms with Crippen molar-refractivity contribution in [3.63, 3.8) is 0 Å². The summed E-state index contributed by atoms with van der Waals surface area (Å²) in [6.45, 7) is -0.562. The van der Waals surface area contributed by atoms with E-state index in [9.17, 15) is 4.39 Å². The highest BCUT2D eigenvalue weighted by Gasteiger charge is 1.98. The number of rotatable bonds is 3. The normalized spacial score (nSPS) is 9.89. The Labute approximate surface area is 105 Å². The van der Waals surface area contributed by atoms with Crippen LogP contribution in [0, 0.1) is 11.8 Å². The quantitative estimate of drug-likeness (QED) is 0.841. The van der Waals surface area contributed by atoms with Crippen LogP contribution in [0.15, 0.2) is 36.4 Å². The van der Waals surface area contributed by atoms with Gasteiger partial charge in [0.15, 0.2) is 0 Å². The molecule has 2 rings (SSSR count). The maximum atomic E-state index is 12.0. The van der Waals surface area contributed by atoms with E-state index in [4.69, 9.17) is 9.84 Å². The first-order chi connectivity index (χ1) is 8.83. The third-order valence-corrected chi connectivity index (χ3v) is 2.47. The van der Waals surface area contributed by atoms with Crippen LogP contribution < -0.4 is 4.74 Å². The van der Waals surface area contributed by atoms with Crippen molar-refractivity contribution in [3.05, 3.63) is 42.0 Å². The number of hydrogen-bond donors (Lipinski definition) is 1. The van der Waals surface area contributed by atoms with Gasteiger partial charge in [-0.3, -0.25) is 0 Å². The fraction of sp³-hybridized carbons (Fsp3) is 0.200. The van der Waals surface area contributed by atoms with Crippen molar-refractivity contribution in [2.24, 2.45) is 0 Å². The van der Waals surface area contributed by atoms with Crippen LogP contribution in [0.1, 0.15) is 5.56 Å². The van der Waals surface area contributed by atoms with Crippen molar-refractivity contribution < 1.29 is 14.2 Å². The molecule has 0 atom stereocenters. The highest BCUT2D eigenvalue weighted by molar-refractivity contribution is 5.85. The second-order valence-corrected chi connectivity index (χ2v) is 3.72. The number of benzene rings is 2. The number of aliphatic hydroxyl groups is 1. The first-order valence-electron chi connectivity index (χ1n) is 5.66. The predicted molar refractivity (Wildman–Crippen MR) is 69.4 cm³/mol. The number of aliphatic hydroxyl groups excluding tert-OH is 1. The molecular formula is C15H13FO2. The fourth-order valence-electron chi connectivity index (χ4n) is 1.69. The minimum Gasteiger partial charge on any atom is -0.491 e. The van der Waals surface area contributed by atoms with Crippen molar-refractivity contribution in [3.8, 4) is 17.6 Å². The molecule has 0 aliphatic heterocycles. The Morgan fingerprint density at radius 2 is 1.89 bits per heavy atom. The minimum atomic E-state index is -0.492. The SMILES string of the molecule is OCC#Cc1ccc2cc(OCCF)ccc2c1. The van der Waals surface area contributed by atoms with Gasteiger partial charge >= 0.3 is 0 Å². The monoisotopic (exact) mass is 244 g/mol. The van der Waals surface area contributed by atoms with Crippen LogP contribution >= 0.6 is 0 Å². The van der Waals surface area contributed by atoms with Gasteiger partial charge in [-0.25, -0.2) is 4.39 Å². The average Bonchev–Trinajstić information content (AvgIpc) is 2.42. The van der Waals surface area contributed by atoms with Gasteiger partial charge in [0.25, 0.3) is 0 Å². The molecule has 2 aromatic rings. The Kier molecular flexibility index (Phi) is 4.16. The van der Waals surface area contributed by atoms with E-state index in [0.717, 1.165) is 16.3 Å². The van der Waals surface area contributed by atoms with Crippen LogP contribution in [0.25, 0.3) is 10.8 Å².